The molecule has 9 heteroatoms. The van der Waals surface area contributed by atoms with E-state index in [-0.39, 0.29) is 55.9 Å². The Bertz CT molecular complexity index is 1530. The molecule has 0 aliphatic carbocycles. The van der Waals surface area contributed by atoms with E-state index in [2.05, 4.69) is 5.32 Å². The van der Waals surface area contributed by atoms with E-state index in [0.717, 1.165) is 16.3 Å². The number of cyclic esters (lactones) is 1. The molecule has 3 aromatic carbocycles. The summed E-state index contributed by atoms with van der Waals surface area (Å²) in [6, 6.07) is 13.4. The standard InChI is InChI=1S/C32H33NO8/c1-19(15-17-27(35)36)14-16-23-30(39-3)20(2)24-18-40-32(38)29(24)31(23)41-28(37)13-7-12-26(34)33-25-11-6-9-21-8-4-5-10-22(21)25/h4-6,8-11,14H,7,12-13,15-18H2,1-3H3,(H,33,34)(H,35,36). The van der Waals surface area contributed by atoms with Gasteiger partial charge in [0.2, 0.25) is 5.91 Å². The topological polar surface area (TPSA) is 128 Å². The first-order valence-electron chi connectivity index (χ1n) is 13.4. The number of allylic oxidation sites excluding steroid dienone is 2. The Kier molecular flexibility index (Phi) is 9.39. The molecule has 0 spiro atoms. The zero-order valence-electron chi connectivity index (χ0n) is 23.4. The molecular weight excluding hydrogens is 526 g/mol. The molecule has 1 amide bonds. The number of hydrogen-bond donors (Lipinski definition) is 2. The Balaban J connectivity index is 1.47. The number of nitrogens with one attached hydrogen (secondary N) is 1. The molecule has 0 atom stereocenters. The number of carbonyl (C=O) groups excluding carboxylic acids is 3. The van der Waals surface area contributed by atoms with E-state index in [9.17, 15) is 19.2 Å². The largest absolute Gasteiger partial charge is 0.496 e. The summed E-state index contributed by atoms with van der Waals surface area (Å²) in [5.41, 5.74) is 3.54. The van der Waals surface area contributed by atoms with Gasteiger partial charge in [-0.2, -0.15) is 0 Å². The molecule has 41 heavy (non-hydrogen) atoms. The number of benzene rings is 3. The maximum atomic E-state index is 13.0. The average molecular weight is 560 g/mol. The fraction of sp³-hybridized carbons (Fsp3) is 0.312. The molecule has 0 saturated carbocycles. The number of carbonyl (C=O) groups is 4. The molecule has 0 fully saturated rings. The lowest BCUT2D eigenvalue weighted by atomic mass is 9.94. The predicted molar refractivity (Wildman–Crippen MR) is 153 cm³/mol. The van der Waals surface area contributed by atoms with Crippen LogP contribution in [-0.4, -0.2) is 36.0 Å². The molecule has 0 unspecified atom stereocenters. The summed E-state index contributed by atoms with van der Waals surface area (Å²) < 4.78 is 16.7. The third-order valence-electron chi connectivity index (χ3n) is 7.08. The number of methoxy groups -OCH3 is 1. The Morgan fingerprint density at radius 1 is 1.02 bits per heavy atom. The summed E-state index contributed by atoms with van der Waals surface area (Å²) >= 11 is 0. The first kappa shape index (κ1) is 29.3. The summed E-state index contributed by atoms with van der Waals surface area (Å²) in [5, 5.41) is 13.8. The fourth-order valence-electron chi connectivity index (χ4n) is 4.91. The van der Waals surface area contributed by atoms with Crippen molar-refractivity contribution in [3.63, 3.8) is 0 Å². The van der Waals surface area contributed by atoms with Gasteiger partial charge >= 0.3 is 17.9 Å². The summed E-state index contributed by atoms with van der Waals surface area (Å²) in [7, 11) is 1.50. The van der Waals surface area contributed by atoms with Crippen LogP contribution >= 0.6 is 0 Å². The molecule has 0 radical (unpaired) electrons. The Labute approximate surface area is 238 Å². The fourth-order valence-corrected chi connectivity index (χ4v) is 4.91. The summed E-state index contributed by atoms with van der Waals surface area (Å²) in [5.74, 6) is -1.75. The van der Waals surface area contributed by atoms with Crippen LogP contribution in [0.2, 0.25) is 0 Å². The van der Waals surface area contributed by atoms with Crippen LogP contribution in [0.15, 0.2) is 54.1 Å². The second-order valence-corrected chi connectivity index (χ2v) is 9.95. The highest BCUT2D eigenvalue weighted by atomic mass is 16.6. The number of ether oxygens (including phenoxy) is 3. The first-order chi connectivity index (χ1) is 19.7. The van der Waals surface area contributed by atoms with E-state index >= 15 is 0 Å². The van der Waals surface area contributed by atoms with Crippen LogP contribution < -0.4 is 14.8 Å². The molecule has 1 heterocycles. The van der Waals surface area contributed by atoms with Gasteiger partial charge in [0.15, 0.2) is 5.75 Å². The Morgan fingerprint density at radius 2 is 1.78 bits per heavy atom. The van der Waals surface area contributed by atoms with Gasteiger partial charge in [-0.05, 0) is 50.1 Å². The normalized spacial score (nSPS) is 12.6. The van der Waals surface area contributed by atoms with Crippen molar-refractivity contribution in [3.05, 3.63) is 76.4 Å². The highest BCUT2D eigenvalue weighted by Gasteiger charge is 2.34. The van der Waals surface area contributed by atoms with Crippen LogP contribution in [0.25, 0.3) is 10.8 Å². The van der Waals surface area contributed by atoms with Crippen molar-refractivity contribution in [1.29, 1.82) is 0 Å². The number of fused-ring (bicyclic) bond motifs is 2. The smallest absolute Gasteiger partial charge is 0.342 e. The third kappa shape index (κ3) is 6.92. The zero-order chi connectivity index (χ0) is 29.5. The van der Waals surface area contributed by atoms with Gasteiger partial charge in [-0.15, -0.1) is 0 Å². The number of anilines is 1. The van der Waals surface area contributed by atoms with Crippen LogP contribution in [0.1, 0.15) is 66.1 Å². The molecule has 9 nitrogen and oxygen atoms in total. The zero-order valence-corrected chi connectivity index (χ0v) is 23.4. The van der Waals surface area contributed by atoms with Gasteiger partial charge in [0.05, 0.1) is 7.11 Å². The summed E-state index contributed by atoms with van der Waals surface area (Å²) in [6.45, 7) is 3.67. The molecule has 0 bridgehead atoms. The van der Waals surface area contributed by atoms with Gasteiger partial charge < -0.3 is 24.6 Å². The molecule has 2 N–H and O–H groups in total. The van der Waals surface area contributed by atoms with Gasteiger partial charge in [0.25, 0.3) is 0 Å². The number of rotatable bonds is 12. The molecule has 0 saturated heterocycles. The number of esters is 2. The van der Waals surface area contributed by atoms with E-state index in [1.54, 1.807) is 0 Å². The third-order valence-corrected chi connectivity index (χ3v) is 7.08. The lowest BCUT2D eigenvalue weighted by molar-refractivity contribution is -0.137. The van der Waals surface area contributed by atoms with E-state index in [1.807, 2.05) is 62.4 Å². The van der Waals surface area contributed by atoms with Crippen LogP contribution in [-0.2, 0) is 32.1 Å². The lowest BCUT2D eigenvalue weighted by Crippen LogP contribution is -2.16. The van der Waals surface area contributed by atoms with Gasteiger partial charge in [0.1, 0.15) is 17.9 Å². The summed E-state index contributed by atoms with van der Waals surface area (Å²) in [4.78, 5) is 49.2. The van der Waals surface area contributed by atoms with Crippen molar-refractivity contribution in [2.24, 2.45) is 0 Å². The Hall–Kier alpha value is -4.66. The van der Waals surface area contributed by atoms with Crippen molar-refractivity contribution in [1.82, 2.24) is 0 Å². The monoisotopic (exact) mass is 559 g/mol. The number of carboxylic acids is 1. The van der Waals surface area contributed by atoms with Crippen molar-refractivity contribution in [3.8, 4) is 11.5 Å². The van der Waals surface area contributed by atoms with E-state index in [0.29, 0.717) is 34.5 Å². The predicted octanol–water partition coefficient (Wildman–Crippen LogP) is 5.90. The Morgan fingerprint density at radius 3 is 2.54 bits per heavy atom. The minimum Gasteiger partial charge on any atom is -0.496 e. The SMILES string of the molecule is COc1c(C)c2c(c(OC(=O)CCCC(=O)Nc3cccc4ccccc34)c1CC=C(C)CCC(=O)O)C(=O)OC2. The van der Waals surface area contributed by atoms with E-state index < -0.39 is 17.9 Å². The maximum Gasteiger partial charge on any atom is 0.342 e. The van der Waals surface area contributed by atoms with Gasteiger partial charge in [-0.1, -0.05) is 48.0 Å². The van der Waals surface area contributed by atoms with Crippen molar-refractivity contribution >= 4 is 40.3 Å². The van der Waals surface area contributed by atoms with Gasteiger partial charge in [0, 0.05) is 41.5 Å². The number of carboxylic acid groups (broad SMARTS) is 1. The molecule has 3 aromatic rings. The van der Waals surface area contributed by atoms with Crippen molar-refractivity contribution in [2.75, 3.05) is 12.4 Å². The summed E-state index contributed by atoms with van der Waals surface area (Å²) in [6.07, 6.45) is 2.75. The van der Waals surface area contributed by atoms with Gasteiger partial charge in [-0.3, -0.25) is 14.4 Å². The van der Waals surface area contributed by atoms with Crippen LogP contribution in [0.5, 0.6) is 11.5 Å². The highest BCUT2D eigenvalue weighted by Crippen LogP contribution is 2.43. The van der Waals surface area contributed by atoms with Crippen molar-refractivity contribution < 1.29 is 38.5 Å². The molecule has 1 aliphatic rings. The van der Waals surface area contributed by atoms with E-state index in [1.165, 1.54) is 7.11 Å². The molecular formula is C32H33NO8. The first-order valence-corrected chi connectivity index (χ1v) is 13.4. The highest BCUT2D eigenvalue weighted by molar-refractivity contribution is 6.02. The lowest BCUT2D eigenvalue weighted by Gasteiger charge is -2.19. The quantitative estimate of drug-likeness (QED) is 0.160. The van der Waals surface area contributed by atoms with Crippen molar-refractivity contribution in [2.45, 2.75) is 59.0 Å². The number of hydrogen-bond acceptors (Lipinski definition) is 7. The van der Waals surface area contributed by atoms with Crippen LogP contribution in [0.3, 0.4) is 0 Å². The number of amides is 1. The average Bonchev–Trinajstić information content (AvgIpc) is 3.34. The molecule has 214 valence electrons. The number of aliphatic carboxylic acids is 1. The second kappa shape index (κ2) is 13.1. The van der Waals surface area contributed by atoms with E-state index in [4.69, 9.17) is 19.3 Å². The maximum absolute atomic E-state index is 13.0. The van der Waals surface area contributed by atoms with Crippen LogP contribution in [0.4, 0.5) is 5.69 Å². The second-order valence-electron chi connectivity index (χ2n) is 9.95. The minimum atomic E-state index is -0.896. The molecule has 4 rings (SSSR count). The minimum absolute atomic E-state index is 0.00900. The van der Waals surface area contributed by atoms with Gasteiger partial charge in [-0.25, -0.2) is 4.79 Å². The molecule has 1 aliphatic heterocycles. The molecule has 0 aromatic heterocycles. The van der Waals surface area contributed by atoms with Crippen LogP contribution in [0, 0.1) is 6.92 Å².